The van der Waals surface area contributed by atoms with Crippen molar-refractivity contribution in [1.82, 2.24) is 14.5 Å². The molecule has 2 aromatic carbocycles. The highest BCUT2D eigenvalue weighted by molar-refractivity contribution is 7.89. The third-order valence-corrected chi connectivity index (χ3v) is 7.39. The third kappa shape index (κ3) is 4.80. The Hall–Kier alpha value is -2.71. The van der Waals surface area contributed by atoms with E-state index in [1.807, 2.05) is 38.1 Å². The molecule has 31 heavy (non-hydrogen) atoms. The fourth-order valence-corrected chi connectivity index (χ4v) is 5.28. The molecule has 2 aromatic rings. The molecule has 1 N–H and O–H groups in total. The van der Waals surface area contributed by atoms with Gasteiger partial charge < -0.3 is 10.2 Å². The zero-order valence-electron chi connectivity index (χ0n) is 18.2. The Morgan fingerprint density at radius 2 is 1.74 bits per heavy atom. The number of benzene rings is 2. The van der Waals surface area contributed by atoms with Crippen LogP contribution in [0, 0.1) is 6.92 Å². The Morgan fingerprint density at radius 1 is 1.10 bits per heavy atom. The Labute approximate surface area is 184 Å². The molecule has 0 radical (unpaired) electrons. The van der Waals surface area contributed by atoms with Crippen LogP contribution in [0.3, 0.4) is 0 Å². The second-order valence-electron chi connectivity index (χ2n) is 8.07. The van der Waals surface area contributed by atoms with E-state index in [1.165, 1.54) is 17.0 Å². The summed E-state index contributed by atoms with van der Waals surface area (Å²) in [6.45, 7) is 5.85. The molecule has 0 spiro atoms. The van der Waals surface area contributed by atoms with Crippen molar-refractivity contribution >= 4 is 21.8 Å². The number of amides is 2. The Kier molecular flexibility index (Phi) is 6.81. The number of carbonyl (C=O) groups excluding carboxylic acids is 2. The van der Waals surface area contributed by atoms with Gasteiger partial charge in [-0.2, -0.15) is 4.31 Å². The lowest BCUT2D eigenvalue weighted by Gasteiger charge is -2.46. The van der Waals surface area contributed by atoms with E-state index in [1.54, 1.807) is 25.1 Å². The first-order chi connectivity index (χ1) is 14.7. The summed E-state index contributed by atoms with van der Waals surface area (Å²) in [7, 11) is -3.90. The number of hydrogen-bond donors (Lipinski definition) is 1. The standard InChI is InChI=1S/C23H29N3O4S/c1-4-14-26-21(27)16-25(31(29,30)20-8-6-5-7-9-20)17-23(26,3)22(28)24-15-19-12-10-18(2)11-13-19/h5-13H,4,14-17H2,1-3H3,(H,24,28)/t23-/m0/s1. The summed E-state index contributed by atoms with van der Waals surface area (Å²) >= 11 is 0. The van der Waals surface area contributed by atoms with Crippen LogP contribution in [0.2, 0.25) is 0 Å². The molecule has 1 aliphatic heterocycles. The van der Waals surface area contributed by atoms with Gasteiger partial charge in [-0.05, 0) is 38.0 Å². The molecular formula is C23H29N3O4S. The first-order valence-corrected chi connectivity index (χ1v) is 11.8. The average molecular weight is 444 g/mol. The topological polar surface area (TPSA) is 86.8 Å². The van der Waals surface area contributed by atoms with Crippen LogP contribution in [0.5, 0.6) is 0 Å². The van der Waals surface area contributed by atoms with E-state index in [2.05, 4.69) is 5.32 Å². The van der Waals surface area contributed by atoms with Crippen molar-refractivity contribution in [2.75, 3.05) is 19.6 Å². The zero-order valence-corrected chi connectivity index (χ0v) is 19.0. The fraction of sp³-hybridized carbons (Fsp3) is 0.391. The number of carbonyl (C=O) groups is 2. The summed E-state index contributed by atoms with van der Waals surface area (Å²) in [5.74, 6) is -0.747. The predicted molar refractivity (Wildman–Crippen MR) is 119 cm³/mol. The van der Waals surface area contributed by atoms with Crippen molar-refractivity contribution in [3.8, 4) is 0 Å². The molecule has 2 amide bonds. The number of piperazine rings is 1. The van der Waals surface area contributed by atoms with Gasteiger partial charge in [-0.15, -0.1) is 0 Å². The van der Waals surface area contributed by atoms with Crippen molar-refractivity contribution in [2.45, 2.75) is 44.2 Å². The van der Waals surface area contributed by atoms with E-state index in [0.29, 0.717) is 19.5 Å². The van der Waals surface area contributed by atoms with Gasteiger partial charge in [0.1, 0.15) is 5.54 Å². The average Bonchev–Trinajstić information content (AvgIpc) is 2.76. The highest BCUT2D eigenvalue weighted by Crippen LogP contribution is 2.28. The first-order valence-electron chi connectivity index (χ1n) is 10.4. The molecule has 0 aliphatic carbocycles. The second kappa shape index (κ2) is 9.20. The minimum Gasteiger partial charge on any atom is -0.350 e. The maximum absolute atomic E-state index is 13.3. The molecular weight excluding hydrogens is 414 g/mol. The minimum absolute atomic E-state index is 0.101. The van der Waals surface area contributed by atoms with Gasteiger partial charge >= 0.3 is 0 Å². The normalized spacial score (nSPS) is 20.0. The van der Waals surface area contributed by atoms with Gasteiger partial charge in [0.25, 0.3) is 0 Å². The number of sulfonamides is 1. The van der Waals surface area contributed by atoms with E-state index in [0.717, 1.165) is 15.4 Å². The van der Waals surface area contributed by atoms with Crippen molar-refractivity contribution in [1.29, 1.82) is 0 Å². The molecule has 0 aromatic heterocycles. The van der Waals surface area contributed by atoms with Crippen molar-refractivity contribution in [3.05, 3.63) is 65.7 Å². The molecule has 166 valence electrons. The number of rotatable bonds is 7. The van der Waals surface area contributed by atoms with E-state index in [4.69, 9.17) is 0 Å². The van der Waals surface area contributed by atoms with E-state index >= 15 is 0 Å². The monoisotopic (exact) mass is 443 g/mol. The van der Waals surface area contributed by atoms with Crippen LogP contribution in [0.15, 0.2) is 59.5 Å². The Bertz CT molecular complexity index is 1040. The number of hydrogen-bond acceptors (Lipinski definition) is 4. The smallest absolute Gasteiger partial charge is 0.247 e. The van der Waals surface area contributed by atoms with Crippen molar-refractivity contribution in [2.24, 2.45) is 0 Å². The molecule has 3 rings (SSSR count). The van der Waals surface area contributed by atoms with Gasteiger partial charge in [-0.3, -0.25) is 9.59 Å². The highest BCUT2D eigenvalue weighted by atomic mass is 32.2. The summed E-state index contributed by atoms with van der Waals surface area (Å²) < 4.78 is 27.4. The summed E-state index contributed by atoms with van der Waals surface area (Å²) in [4.78, 5) is 27.8. The van der Waals surface area contributed by atoms with Crippen molar-refractivity contribution < 1.29 is 18.0 Å². The molecule has 1 heterocycles. The number of nitrogens with zero attached hydrogens (tertiary/aromatic N) is 2. The Morgan fingerprint density at radius 3 is 2.35 bits per heavy atom. The van der Waals surface area contributed by atoms with Gasteiger partial charge in [0.15, 0.2) is 0 Å². The van der Waals surface area contributed by atoms with Crippen molar-refractivity contribution in [3.63, 3.8) is 0 Å². The van der Waals surface area contributed by atoms with Gasteiger partial charge in [-0.1, -0.05) is 55.0 Å². The third-order valence-electron chi connectivity index (χ3n) is 5.58. The van der Waals surface area contributed by atoms with Crippen LogP contribution in [0.4, 0.5) is 0 Å². The van der Waals surface area contributed by atoms with E-state index < -0.39 is 15.6 Å². The van der Waals surface area contributed by atoms with Crippen LogP contribution >= 0.6 is 0 Å². The largest absolute Gasteiger partial charge is 0.350 e. The fourth-order valence-electron chi connectivity index (χ4n) is 3.78. The maximum atomic E-state index is 13.3. The SMILES string of the molecule is CCCN1C(=O)CN(S(=O)(=O)c2ccccc2)C[C@@]1(C)C(=O)NCc1ccc(C)cc1. The lowest BCUT2D eigenvalue weighted by atomic mass is 9.95. The summed E-state index contributed by atoms with van der Waals surface area (Å²) in [5.41, 5.74) is 0.744. The second-order valence-corrected chi connectivity index (χ2v) is 10.0. The molecule has 0 bridgehead atoms. The zero-order chi connectivity index (χ0) is 22.6. The summed E-state index contributed by atoms with van der Waals surface area (Å²) in [5, 5.41) is 2.90. The van der Waals surface area contributed by atoms with E-state index in [9.17, 15) is 18.0 Å². The molecule has 1 atom stereocenters. The molecule has 1 aliphatic rings. The van der Waals surface area contributed by atoms with E-state index in [-0.39, 0.29) is 29.8 Å². The lowest BCUT2D eigenvalue weighted by Crippen LogP contribution is -2.69. The summed E-state index contributed by atoms with van der Waals surface area (Å²) in [6, 6.07) is 15.8. The van der Waals surface area contributed by atoms with Gasteiger partial charge in [0, 0.05) is 19.6 Å². The van der Waals surface area contributed by atoms with Gasteiger partial charge in [0.05, 0.1) is 11.4 Å². The minimum atomic E-state index is -3.90. The molecule has 1 fully saturated rings. The van der Waals surface area contributed by atoms with Crippen LogP contribution in [-0.2, 0) is 26.2 Å². The lowest BCUT2D eigenvalue weighted by molar-refractivity contribution is -0.152. The quantitative estimate of drug-likeness (QED) is 0.712. The molecule has 7 nitrogen and oxygen atoms in total. The maximum Gasteiger partial charge on any atom is 0.247 e. The highest BCUT2D eigenvalue weighted by Gasteiger charge is 2.49. The van der Waals surface area contributed by atoms with Crippen LogP contribution in [-0.4, -0.2) is 54.6 Å². The molecule has 8 heteroatoms. The predicted octanol–water partition coefficient (Wildman–Crippen LogP) is 2.31. The molecule has 0 unspecified atom stereocenters. The summed E-state index contributed by atoms with van der Waals surface area (Å²) in [6.07, 6.45) is 0.665. The van der Waals surface area contributed by atoms with Crippen LogP contribution < -0.4 is 5.32 Å². The van der Waals surface area contributed by atoms with Crippen LogP contribution in [0.25, 0.3) is 0 Å². The number of nitrogens with one attached hydrogen (secondary N) is 1. The first kappa shape index (κ1) is 23.0. The van der Waals surface area contributed by atoms with Gasteiger partial charge in [0.2, 0.25) is 21.8 Å². The number of aryl methyl sites for hydroxylation is 1. The molecule has 0 saturated carbocycles. The Balaban J connectivity index is 1.86. The van der Waals surface area contributed by atoms with Gasteiger partial charge in [-0.25, -0.2) is 8.42 Å². The molecule has 1 saturated heterocycles. The van der Waals surface area contributed by atoms with Crippen LogP contribution in [0.1, 0.15) is 31.4 Å².